The van der Waals surface area contributed by atoms with Gasteiger partial charge < -0.3 is 14.8 Å². The number of halogens is 1. The van der Waals surface area contributed by atoms with E-state index in [4.69, 9.17) is 21.1 Å². The van der Waals surface area contributed by atoms with Gasteiger partial charge in [0.1, 0.15) is 12.6 Å². The van der Waals surface area contributed by atoms with Crippen LogP contribution >= 0.6 is 11.6 Å². The van der Waals surface area contributed by atoms with E-state index >= 15 is 0 Å². The summed E-state index contributed by atoms with van der Waals surface area (Å²) in [7, 11) is 0. The minimum atomic E-state index is -0.697. The Bertz CT molecular complexity index is 530. The molecule has 0 radical (unpaired) electrons. The van der Waals surface area contributed by atoms with Crippen molar-refractivity contribution in [2.24, 2.45) is 5.92 Å². The Morgan fingerprint density at radius 1 is 1.12 bits per heavy atom. The molecule has 1 aromatic carbocycles. The summed E-state index contributed by atoms with van der Waals surface area (Å²) in [6.07, 6.45) is 0.821. The Morgan fingerprint density at radius 2 is 1.75 bits per heavy atom. The maximum Gasteiger partial charge on any atom is 0.329 e. The smallest absolute Gasteiger partial charge is 0.329 e. The molecule has 0 spiro atoms. The molecule has 0 saturated carbocycles. The molecule has 6 heteroatoms. The highest BCUT2D eigenvalue weighted by atomic mass is 35.5. The lowest BCUT2D eigenvalue weighted by molar-refractivity contribution is -0.149. The molecule has 5 nitrogen and oxygen atoms in total. The van der Waals surface area contributed by atoms with Crippen molar-refractivity contribution in [2.75, 3.05) is 13.2 Å². The van der Waals surface area contributed by atoms with Crippen LogP contribution in [0.15, 0.2) is 24.3 Å². The summed E-state index contributed by atoms with van der Waals surface area (Å²) in [6, 6.07) is 5.81. The predicted octanol–water partition coefficient (Wildman–Crippen LogP) is 3.45. The summed E-state index contributed by atoms with van der Waals surface area (Å²) in [5.74, 6) is -0.814. The number of hydrogen-bond acceptors (Lipinski definition) is 4. The number of esters is 1. The number of hydrogen-bond donors (Lipinski definition) is 1. The van der Waals surface area contributed by atoms with E-state index in [-0.39, 0.29) is 24.5 Å². The highest BCUT2D eigenvalue weighted by Gasteiger charge is 2.27. The third-order valence-corrected chi connectivity index (χ3v) is 3.89. The summed E-state index contributed by atoms with van der Waals surface area (Å²) < 4.78 is 10.6. The predicted molar refractivity (Wildman–Crippen MR) is 94.2 cm³/mol. The molecule has 24 heavy (non-hydrogen) atoms. The largest absolute Gasteiger partial charge is 0.462 e. The molecule has 0 bridgehead atoms. The first-order valence-corrected chi connectivity index (χ1v) is 8.57. The summed E-state index contributed by atoms with van der Waals surface area (Å²) in [4.78, 5) is 24.6. The molecule has 0 fully saturated rings. The molecule has 0 aliphatic rings. The second-order valence-corrected chi connectivity index (χ2v) is 6.37. The highest BCUT2D eigenvalue weighted by Crippen LogP contribution is 2.13. The average Bonchev–Trinajstić information content (AvgIpc) is 2.55. The lowest BCUT2D eigenvalue weighted by atomic mass is 9.99. The van der Waals surface area contributed by atoms with Gasteiger partial charge in [0, 0.05) is 10.6 Å². The number of carbonyl (C=O) groups is 2. The highest BCUT2D eigenvalue weighted by molar-refractivity contribution is 6.30. The summed E-state index contributed by atoms with van der Waals surface area (Å²) >= 11 is 5.82. The van der Waals surface area contributed by atoms with Gasteiger partial charge in [-0.2, -0.15) is 0 Å². The zero-order valence-electron chi connectivity index (χ0n) is 14.7. The van der Waals surface area contributed by atoms with Crippen LogP contribution in [0.2, 0.25) is 5.02 Å². The van der Waals surface area contributed by atoms with Crippen LogP contribution in [0, 0.1) is 5.92 Å². The van der Waals surface area contributed by atoms with Gasteiger partial charge >= 0.3 is 5.97 Å². The van der Waals surface area contributed by atoms with Crippen LogP contribution in [-0.4, -0.2) is 37.2 Å². The van der Waals surface area contributed by atoms with Crippen LogP contribution in [0.3, 0.4) is 0 Å². The van der Waals surface area contributed by atoms with Gasteiger partial charge in [0.25, 0.3) is 5.91 Å². The second-order valence-electron chi connectivity index (χ2n) is 5.93. The lowest BCUT2D eigenvalue weighted by Crippen LogP contribution is -2.46. The molecular formula is C18H26ClNO4. The fraction of sp³-hybridized carbons (Fsp3) is 0.556. The Labute approximate surface area is 148 Å². The number of benzene rings is 1. The third-order valence-electron chi connectivity index (χ3n) is 3.64. The van der Waals surface area contributed by atoms with E-state index in [1.807, 2.05) is 27.7 Å². The van der Waals surface area contributed by atoms with Gasteiger partial charge in [0.15, 0.2) is 0 Å². The minimum absolute atomic E-state index is 0.0419. The Kier molecular flexibility index (Phi) is 8.79. The summed E-state index contributed by atoms with van der Waals surface area (Å²) in [5, 5.41) is 3.31. The quantitative estimate of drug-likeness (QED) is 0.544. The van der Waals surface area contributed by atoms with Crippen LogP contribution in [-0.2, 0) is 14.3 Å². The van der Waals surface area contributed by atoms with Gasteiger partial charge in [-0.05, 0) is 44.0 Å². The zero-order valence-corrected chi connectivity index (χ0v) is 15.4. The van der Waals surface area contributed by atoms with Crippen LogP contribution in [0.5, 0.6) is 0 Å². The maximum absolute atomic E-state index is 12.3. The molecule has 0 heterocycles. The van der Waals surface area contributed by atoms with Gasteiger partial charge in [-0.15, -0.1) is 0 Å². The third kappa shape index (κ3) is 6.89. The van der Waals surface area contributed by atoms with Crippen LogP contribution in [0.25, 0.3) is 0 Å². The minimum Gasteiger partial charge on any atom is -0.462 e. The van der Waals surface area contributed by atoms with Crippen LogP contribution in [0.4, 0.5) is 0 Å². The number of ether oxygens (including phenoxy) is 2. The monoisotopic (exact) mass is 355 g/mol. The number of rotatable bonds is 9. The van der Waals surface area contributed by atoms with Crippen molar-refractivity contribution in [2.45, 2.75) is 46.3 Å². The van der Waals surface area contributed by atoms with Crippen molar-refractivity contribution in [3.63, 3.8) is 0 Å². The van der Waals surface area contributed by atoms with E-state index in [9.17, 15) is 9.59 Å². The molecule has 2 atom stereocenters. The van der Waals surface area contributed by atoms with E-state index in [0.29, 0.717) is 17.2 Å². The Hall–Kier alpha value is -1.59. The Balaban J connectivity index is 2.65. The van der Waals surface area contributed by atoms with Crippen molar-refractivity contribution in [3.05, 3.63) is 34.9 Å². The Morgan fingerprint density at radius 3 is 2.29 bits per heavy atom. The van der Waals surface area contributed by atoms with Crippen molar-refractivity contribution >= 4 is 23.5 Å². The molecule has 134 valence electrons. The second kappa shape index (κ2) is 10.3. The molecular weight excluding hydrogens is 330 g/mol. The normalized spacial score (nSPS) is 13.4. The lowest BCUT2D eigenvalue weighted by Gasteiger charge is -2.23. The maximum atomic E-state index is 12.3. The van der Waals surface area contributed by atoms with E-state index < -0.39 is 12.0 Å². The van der Waals surface area contributed by atoms with E-state index in [2.05, 4.69) is 5.32 Å². The molecule has 0 saturated heterocycles. The molecule has 0 aliphatic heterocycles. The fourth-order valence-corrected chi connectivity index (χ4v) is 2.14. The van der Waals surface area contributed by atoms with Gasteiger partial charge in [-0.25, -0.2) is 4.79 Å². The van der Waals surface area contributed by atoms with E-state index in [1.54, 1.807) is 24.3 Å². The first kappa shape index (κ1) is 20.5. The van der Waals surface area contributed by atoms with Crippen molar-refractivity contribution < 1.29 is 19.1 Å². The van der Waals surface area contributed by atoms with Gasteiger partial charge in [0.05, 0.1) is 12.7 Å². The zero-order chi connectivity index (χ0) is 18.1. The average molecular weight is 356 g/mol. The molecule has 0 aliphatic carbocycles. The van der Waals surface area contributed by atoms with Crippen molar-refractivity contribution in [3.8, 4) is 0 Å². The van der Waals surface area contributed by atoms with E-state index in [0.717, 1.165) is 6.42 Å². The topological polar surface area (TPSA) is 64.6 Å². The first-order valence-electron chi connectivity index (χ1n) is 8.19. The van der Waals surface area contributed by atoms with Gasteiger partial charge in [0.2, 0.25) is 0 Å². The van der Waals surface area contributed by atoms with Crippen molar-refractivity contribution in [1.29, 1.82) is 0 Å². The number of amides is 1. The fourth-order valence-electron chi connectivity index (χ4n) is 2.01. The van der Waals surface area contributed by atoms with E-state index in [1.165, 1.54) is 0 Å². The SMILES string of the molecule is CC[C@H](C)[C@H](NC(=O)c1ccc(Cl)cc1)C(=O)OCCOC(C)C. The standard InChI is InChI=1S/C18H26ClNO4/c1-5-13(4)16(18(22)24-11-10-23-12(2)3)20-17(21)14-6-8-15(19)9-7-14/h6-9,12-13,16H,5,10-11H2,1-4H3,(H,20,21)/t13-,16-/m0/s1. The molecule has 1 aromatic rings. The number of nitrogens with one attached hydrogen (secondary N) is 1. The molecule has 1 N–H and O–H groups in total. The van der Waals surface area contributed by atoms with Gasteiger partial charge in [-0.3, -0.25) is 4.79 Å². The summed E-state index contributed by atoms with van der Waals surface area (Å²) in [5.41, 5.74) is 0.448. The number of carbonyl (C=O) groups excluding carboxylic acids is 2. The molecule has 0 unspecified atom stereocenters. The first-order chi connectivity index (χ1) is 11.3. The summed E-state index contributed by atoms with van der Waals surface area (Å²) in [6.45, 7) is 8.19. The molecule has 1 amide bonds. The van der Waals surface area contributed by atoms with Crippen LogP contribution < -0.4 is 5.32 Å². The van der Waals surface area contributed by atoms with Crippen molar-refractivity contribution in [1.82, 2.24) is 5.32 Å². The molecule has 0 aromatic heterocycles. The molecule has 1 rings (SSSR count). The van der Waals surface area contributed by atoms with Gasteiger partial charge in [-0.1, -0.05) is 31.9 Å². The van der Waals surface area contributed by atoms with Crippen LogP contribution in [0.1, 0.15) is 44.5 Å².